The van der Waals surface area contributed by atoms with Gasteiger partial charge in [0.2, 0.25) is 0 Å². The van der Waals surface area contributed by atoms with Gasteiger partial charge in [-0.2, -0.15) is 0 Å². The van der Waals surface area contributed by atoms with Crippen molar-refractivity contribution in [3.63, 3.8) is 0 Å². The Bertz CT molecular complexity index is 370. The topological polar surface area (TPSA) is 43.4 Å². The zero-order chi connectivity index (χ0) is 12.0. The van der Waals surface area contributed by atoms with Crippen molar-refractivity contribution in [1.82, 2.24) is 0 Å². The zero-order valence-corrected chi connectivity index (χ0v) is 9.03. The Hall–Kier alpha value is -1.71. The van der Waals surface area contributed by atoms with Gasteiger partial charge in [-0.15, -0.1) is 0 Å². The fourth-order valence-corrected chi connectivity index (χ4v) is 1.27. The van der Waals surface area contributed by atoms with E-state index in [2.05, 4.69) is 4.74 Å². The fourth-order valence-electron chi connectivity index (χ4n) is 1.27. The average Bonchev–Trinajstić information content (AvgIpc) is 2.21. The van der Waals surface area contributed by atoms with Crippen molar-refractivity contribution < 1.29 is 18.7 Å². The highest BCUT2D eigenvalue weighted by Gasteiger charge is 2.10. The minimum absolute atomic E-state index is 0.124. The van der Waals surface area contributed by atoms with Gasteiger partial charge in [-0.25, -0.2) is 4.39 Å². The van der Waals surface area contributed by atoms with Crippen LogP contribution < -0.4 is 0 Å². The molecule has 1 aromatic carbocycles. The van der Waals surface area contributed by atoms with Crippen molar-refractivity contribution in [2.75, 3.05) is 6.61 Å². The van der Waals surface area contributed by atoms with Crippen LogP contribution in [0.2, 0.25) is 0 Å². The SMILES string of the molecule is CCOC(=O)CC(=O)Cc1ccc(F)cc1. The zero-order valence-electron chi connectivity index (χ0n) is 9.03. The smallest absolute Gasteiger partial charge is 0.313 e. The fraction of sp³-hybridized carbons (Fsp3) is 0.333. The first-order chi connectivity index (χ1) is 7.61. The number of ether oxygens (including phenoxy) is 1. The third kappa shape index (κ3) is 4.21. The lowest BCUT2D eigenvalue weighted by atomic mass is 10.1. The molecule has 0 heterocycles. The van der Waals surface area contributed by atoms with Gasteiger partial charge in [0.05, 0.1) is 6.61 Å². The van der Waals surface area contributed by atoms with E-state index in [1.165, 1.54) is 24.3 Å². The Morgan fingerprint density at radius 1 is 1.25 bits per heavy atom. The van der Waals surface area contributed by atoms with E-state index in [9.17, 15) is 14.0 Å². The van der Waals surface area contributed by atoms with Crippen LogP contribution in [0.25, 0.3) is 0 Å². The molecule has 86 valence electrons. The Morgan fingerprint density at radius 2 is 1.88 bits per heavy atom. The summed E-state index contributed by atoms with van der Waals surface area (Å²) in [4.78, 5) is 22.4. The molecule has 0 bridgehead atoms. The van der Waals surface area contributed by atoms with E-state index in [-0.39, 0.29) is 31.0 Å². The molecule has 0 aliphatic heterocycles. The van der Waals surface area contributed by atoms with Crippen molar-refractivity contribution in [1.29, 1.82) is 0 Å². The number of benzene rings is 1. The maximum Gasteiger partial charge on any atom is 0.313 e. The quantitative estimate of drug-likeness (QED) is 0.566. The number of rotatable bonds is 5. The minimum Gasteiger partial charge on any atom is -0.466 e. The molecule has 3 nitrogen and oxygen atoms in total. The lowest BCUT2D eigenvalue weighted by molar-refractivity contribution is -0.145. The number of carbonyl (C=O) groups is 2. The maximum absolute atomic E-state index is 12.6. The molecule has 0 saturated heterocycles. The number of hydrogen-bond donors (Lipinski definition) is 0. The summed E-state index contributed by atoms with van der Waals surface area (Å²) in [7, 11) is 0. The van der Waals surface area contributed by atoms with Crippen LogP contribution in [-0.2, 0) is 20.7 Å². The van der Waals surface area contributed by atoms with Gasteiger partial charge in [-0.1, -0.05) is 12.1 Å². The molecule has 0 fully saturated rings. The van der Waals surface area contributed by atoms with Crippen LogP contribution in [0.1, 0.15) is 18.9 Å². The number of halogens is 1. The second-order valence-corrected chi connectivity index (χ2v) is 3.32. The van der Waals surface area contributed by atoms with Crippen LogP contribution in [-0.4, -0.2) is 18.4 Å². The molecule has 0 atom stereocenters. The van der Waals surface area contributed by atoms with Crippen LogP contribution in [0.4, 0.5) is 4.39 Å². The normalized spacial score (nSPS) is 9.88. The Morgan fingerprint density at radius 3 is 2.44 bits per heavy atom. The predicted octanol–water partition coefficient (Wildman–Crippen LogP) is 1.89. The number of ketones is 1. The van der Waals surface area contributed by atoms with Crippen LogP contribution in [0.3, 0.4) is 0 Å². The van der Waals surface area contributed by atoms with Gasteiger partial charge in [0.15, 0.2) is 0 Å². The summed E-state index contributed by atoms with van der Waals surface area (Å²) in [5.74, 6) is -1.10. The van der Waals surface area contributed by atoms with Crippen molar-refractivity contribution in [2.24, 2.45) is 0 Å². The van der Waals surface area contributed by atoms with E-state index in [4.69, 9.17) is 0 Å². The van der Waals surface area contributed by atoms with Crippen molar-refractivity contribution in [2.45, 2.75) is 19.8 Å². The van der Waals surface area contributed by atoms with E-state index in [0.717, 1.165) is 0 Å². The molecule has 0 radical (unpaired) electrons. The minimum atomic E-state index is -0.519. The molecule has 0 amide bonds. The Balaban J connectivity index is 2.45. The molecule has 16 heavy (non-hydrogen) atoms. The molecule has 1 rings (SSSR count). The summed E-state index contributed by atoms with van der Waals surface area (Å²) in [5.41, 5.74) is 0.690. The van der Waals surface area contributed by atoms with E-state index < -0.39 is 5.97 Å². The molecular formula is C12H13FO3. The van der Waals surface area contributed by atoms with Gasteiger partial charge in [-0.05, 0) is 24.6 Å². The van der Waals surface area contributed by atoms with E-state index in [0.29, 0.717) is 5.56 Å². The van der Waals surface area contributed by atoms with Crippen LogP contribution in [0.15, 0.2) is 24.3 Å². The molecule has 0 unspecified atom stereocenters. The third-order valence-electron chi connectivity index (χ3n) is 1.96. The highest BCUT2D eigenvalue weighted by molar-refractivity contribution is 5.96. The Labute approximate surface area is 93.2 Å². The Kier molecular flexibility index (Phi) is 4.64. The number of esters is 1. The van der Waals surface area contributed by atoms with Crippen LogP contribution in [0, 0.1) is 5.82 Å². The molecule has 4 heteroatoms. The maximum atomic E-state index is 12.6. The second-order valence-electron chi connectivity index (χ2n) is 3.32. The summed E-state index contributed by atoms with van der Waals surface area (Å²) in [6.07, 6.45) is -0.107. The second kappa shape index (κ2) is 6.00. The molecule has 0 spiro atoms. The number of Topliss-reactive ketones (excluding diaryl/α,β-unsaturated/α-hetero) is 1. The van der Waals surface area contributed by atoms with Gasteiger partial charge in [0.1, 0.15) is 18.0 Å². The third-order valence-corrected chi connectivity index (χ3v) is 1.96. The lowest BCUT2D eigenvalue weighted by Gasteiger charge is -2.01. The van der Waals surface area contributed by atoms with Crippen molar-refractivity contribution >= 4 is 11.8 Å². The lowest BCUT2D eigenvalue weighted by Crippen LogP contribution is -2.12. The highest BCUT2D eigenvalue weighted by Crippen LogP contribution is 2.05. The summed E-state index contributed by atoms with van der Waals surface area (Å²) in [5, 5.41) is 0. The van der Waals surface area contributed by atoms with Gasteiger partial charge in [-0.3, -0.25) is 9.59 Å². The van der Waals surface area contributed by atoms with Crippen molar-refractivity contribution in [3.8, 4) is 0 Å². The van der Waals surface area contributed by atoms with Crippen LogP contribution >= 0.6 is 0 Å². The molecule has 0 aliphatic rings. The van der Waals surface area contributed by atoms with Gasteiger partial charge in [0.25, 0.3) is 0 Å². The summed E-state index contributed by atoms with van der Waals surface area (Å²) < 4.78 is 17.2. The molecule has 0 aliphatic carbocycles. The van der Waals surface area contributed by atoms with Crippen molar-refractivity contribution in [3.05, 3.63) is 35.6 Å². The molecule has 0 N–H and O–H groups in total. The first-order valence-electron chi connectivity index (χ1n) is 5.03. The van der Waals surface area contributed by atoms with Gasteiger partial charge >= 0.3 is 5.97 Å². The largest absolute Gasteiger partial charge is 0.466 e. The van der Waals surface area contributed by atoms with E-state index >= 15 is 0 Å². The molecular weight excluding hydrogens is 211 g/mol. The summed E-state index contributed by atoms with van der Waals surface area (Å²) in [6.45, 7) is 1.95. The number of hydrogen-bond acceptors (Lipinski definition) is 3. The van der Waals surface area contributed by atoms with E-state index in [1.807, 2.05) is 0 Å². The van der Waals surface area contributed by atoms with Crippen LogP contribution in [0.5, 0.6) is 0 Å². The van der Waals surface area contributed by atoms with Gasteiger partial charge in [0, 0.05) is 6.42 Å². The van der Waals surface area contributed by atoms with E-state index in [1.54, 1.807) is 6.92 Å². The number of carbonyl (C=O) groups excluding carboxylic acids is 2. The standard InChI is InChI=1S/C12H13FO3/c1-2-16-12(15)8-11(14)7-9-3-5-10(13)6-4-9/h3-6H,2,7-8H2,1H3. The predicted molar refractivity (Wildman–Crippen MR) is 56.4 cm³/mol. The molecule has 1 aromatic rings. The highest BCUT2D eigenvalue weighted by atomic mass is 19.1. The van der Waals surface area contributed by atoms with Gasteiger partial charge < -0.3 is 4.74 Å². The summed E-state index contributed by atoms with van der Waals surface area (Å²) in [6, 6.07) is 5.62. The average molecular weight is 224 g/mol. The first kappa shape index (κ1) is 12.4. The monoisotopic (exact) mass is 224 g/mol. The summed E-state index contributed by atoms with van der Waals surface area (Å²) >= 11 is 0. The first-order valence-corrected chi connectivity index (χ1v) is 5.03. The molecule has 0 aromatic heterocycles. The molecule has 0 saturated carbocycles.